The van der Waals surface area contributed by atoms with E-state index >= 15 is 0 Å². The van der Waals surface area contributed by atoms with Crippen molar-refractivity contribution in [2.24, 2.45) is 0 Å². The summed E-state index contributed by atoms with van der Waals surface area (Å²) < 4.78 is 0. The molecule has 0 bridgehead atoms. The van der Waals surface area contributed by atoms with Crippen molar-refractivity contribution in [3.05, 3.63) is 44.5 Å². The molecule has 0 unspecified atom stereocenters. The lowest BCUT2D eigenvalue weighted by Crippen LogP contribution is -2.47. The zero-order valence-electron chi connectivity index (χ0n) is 13.6. The minimum Gasteiger partial charge on any atom is -0.378 e. The van der Waals surface area contributed by atoms with Crippen LogP contribution >= 0.6 is 0 Å². The third kappa shape index (κ3) is 3.24. The van der Waals surface area contributed by atoms with E-state index in [9.17, 15) is 20.2 Å². The normalized spacial score (nSPS) is 14.3. The van der Waals surface area contributed by atoms with E-state index in [0.717, 1.165) is 0 Å². The van der Waals surface area contributed by atoms with Gasteiger partial charge in [-0.05, 0) is 12.1 Å². The average molecular weight is 360 g/mol. The number of piperazine rings is 1. The van der Waals surface area contributed by atoms with Crippen molar-refractivity contribution in [3.8, 4) is 0 Å². The van der Waals surface area contributed by atoms with Crippen molar-refractivity contribution >= 4 is 34.6 Å². The molecule has 3 rings (SSSR count). The quantitative estimate of drug-likeness (QED) is 0.586. The highest BCUT2D eigenvalue weighted by atomic mass is 16.6. The molecule has 0 spiro atoms. The maximum absolute atomic E-state index is 10.8. The number of pyridine rings is 2. The van der Waals surface area contributed by atoms with Crippen molar-refractivity contribution < 1.29 is 9.85 Å². The molecule has 12 nitrogen and oxygen atoms in total. The van der Waals surface area contributed by atoms with Gasteiger partial charge in [-0.25, -0.2) is 9.97 Å². The maximum Gasteiger partial charge on any atom is 0.311 e. The van der Waals surface area contributed by atoms with Crippen LogP contribution < -0.4 is 21.3 Å². The van der Waals surface area contributed by atoms with Crippen LogP contribution in [-0.4, -0.2) is 46.0 Å². The summed E-state index contributed by atoms with van der Waals surface area (Å²) in [6.07, 6.45) is 0. The van der Waals surface area contributed by atoms with Crippen LogP contribution in [0.2, 0.25) is 0 Å². The number of aromatic nitrogens is 2. The largest absolute Gasteiger partial charge is 0.378 e. The molecule has 0 aliphatic carbocycles. The van der Waals surface area contributed by atoms with Crippen LogP contribution in [0.1, 0.15) is 0 Å². The topological polar surface area (TPSA) is 171 Å². The third-order valence-electron chi connectivity index (χ3n) is 4.10. The van der Waals surface area contributed by atoms with Crippen LogP contribution in [0, 0.1) is 20.2 Å². The lowest BCUT2D eigenvalue weighted by molar-refractivity contribution is -0.384. The van der Waals surface area contributed by atoms with Gasteiger partial charge < -0.3 is 21.3 Å². The van der Waals surface area contributed by atoms with Gasteiger partial charge in [0.15, 0.2) is 0 Å². The number of nitrogen functional groups attached to an aromatic ring is 2. The monoisotopic (exact) mass is 360 g/mol. The summed E-state index contributed by atoms with van der Waals surface area (Å²) in [5, 5.41) is 21.6. The highest BCUT2D eigenvalue weighted by molar-refractivity contribution is 5.60. The lowest BCUT2D eigenvalue weighted by atomic mass is 10.2. The van der Waals surface area contributed by atoms with E-state index in [1.165, 1.54) is 12.1 Å². The first-order valence-corrected chi connectivity index (χ1v) is 7.68. The summed E-state index contributed by atoms with van der Waals surface area (Å²) in [7, 11) is 0. The fourth-order valence-corrected chi connectivity index (χ4v) is 2.74. The predicted molar refractivity (Wildman–Crippen MR) is 95.0 cm³/mol. The van der Waals surface area contributed by atoms with Crippen LogP contribution in [0.3, 0.4) is 0 Å². The molecule has 4 N–H and O–H groups in total. The maximum atomic E-state index is 10.8. The Hall–Kier alpha value is -3.70. The molecule has 0 radical (unpaired) electrons. The third-order valence-corrected chi connectivity index (χ3v) is 4.10. The van der Waals surface area contributed by atoms with Gasteiger partial charge in [0, 0.05) is 38.3 Å². The molecule has 0 atom stereocenters. The zero-order chi connectivity index (χ0) is 18.8. The van der Waals surface area contributed by atoms with E-state index in [2.05, 4.69) is 9.97 Å². The minimum absolute atomic E-state index is 0.125. The molecule has 2 aromatic heterocycles. The van der Waals surface area contributed by atoms with E-state index in [1.54, 1.807) is 12.1 Å². The van der Waals surface area contributed by atoms with Gasteiger partial charge in [-0.15, -0.1) is 0 Å². The first kappa shape index (κ1) is 17.1. The Morgan fingerprint density at radius 2 is 1.12 bits per heavy atom. The first-order chi connectivity index (χ1) is 12.4. The Morgan fingerprint density at radius 3 is 1.38 bits per heavy atom. The first-order valence-electron chi connectivity index (χ1n) is 7.68. The molecule has 1 fully saturated rings. The van der Waals surface area contributed by atoms with Crippen LogP contribution in [-0.2, 0) is 0 Å². The zero-order valence-corrected chi connectivity index (χ0v) is 13.6. The van der Waals surface area contributed by atoms with Gasteiger partial charge in [-0.1, -0.05) is 0 Å². The molecular weight excluding hydrogens is 344 g/mol. The Balaban J connectivity index is 1.69. The molecular formula is C14H16N8O4. The standard InChI is InChI=1S/C14H16N8O4/c15-13-9(21(23)24)1-3-11(17-13)19-5-7-20(8-6-19)12-4-2-10(22(25)26)14(16)18-12/h1-4H,5-8H2,(H2,15,17)(H2,16,18). The van der Waals surface area contributed by atoms with Gasteiger partial charge in [0.25, 0.3) is 0 Å². The number of rotatable bonds is 4. The van der Waals surface area contributed by atoms with Gasteiger partial charge in [-0.3, -0.25) is 20.2 Å². The van der Waals surface area contributed by atoms with E-state index in [4.69, 9.17) is 11.5 Å². The van der Waals surface area contributed by atoms with Crippen molar-refractivity contribution in [2.75, 3.05) is 47.4 Å². The number of nitrogens with two attached hydrogens (primary N) is 2. The van der Waals surface area contributed by atoms with E-state index in [-0.39, 0.29) is 23.0 Å². The molecule has 3 heterocycles. The summed E-state index contributed by atoms with van der Waals surface area (Å²) in [4.78, 5) is 32.6. The fraction of sp³-hybridized carbons (Fsp3) is 0.286. The molecule has 12 heteroatoms. The number of anilines is 4. The van der Waals surface area contributed by atoms with Gasteiger partial charge in [0.05, 0.1) is 9.85 Å². The van der Waals surface area contributed by atoms with E-state index < -0.39 is 9.85 Å². The summed E-state index contributed by atoms with van der Waals surface area (Å²) in [5.74, 6) is 0.868. The fourth-order valence-electron chi connectivity index (χ4n) is 2.74. The number of hydrogen-bond donors (Lipinski definition) is 2. The number of hydrogen-bond acceptors (Lipinski definition) is 10. The second-order valence-corrected chi connectivity index (χ2v) is 5.64. The van der Waals surface area contributed by atoms with Crippen molar-refractivity contribution in [1.29, 1.82) is 0 Å². The minimum atomic E-state index is -0.575. The van der Waals surface area contributed by atoms with Gasteiger partial charge in [0.2, 0.25) is 11.6 Å². The highest BCUT2D eigenvalue weighted by Crippen LogP contribution is 2.26. The van der Waals surface area contributed by atoms with Crippen molar-refractivity contribution in [3.63, 3.8) is 0 Å². The Bertz CT molecular complexity index is 795. The molecule has 1 aliphatic rings. The predicted octanol–water partition coefficient (Wildman–Crippen LogP) is 0.784. The molecule has 1 aliphatic heterocycles. The molecule has 26 heavy (non-hydrogen) atoms. The smallest absolute Gasteiger partial charge is 0.311 e. The number of nitro groups is 2. The lowest BCUT2D eigenvalue weighted by Gasteiger charge is -2.36. The number of nitrogens with zero attached hydrogens (tertiary/aromatic N) is 6. The summed E-state index contributed by atoms with van der Waals surface area (Å²) in [6, 6.07) is 5.80. The molecule has 0 saturated carbocycles. The van der Waals surface area contributed by atoms with Crippen molar-refractivity contribution in [1.82, 2.24) is 9.97 Å². The molecule has 2 aromatic rings. The van der Waals surface area contributed by atoms with Gasteiger partial charge in [0.1, 0.15) is 11.6 Å². The summed E-state index contributed by atoms with van der Waals surface area (Å²) in [6.45, 7) is 2.34. The van der Waals surface area contributed by atoms with Crippen LogP contribution in [0.5, 0.6) is 0 Å². The molecule has 0 amide bonds. The summed E-state index contributed by atoms with van der Waals surface area (Å²) >= 11 is 0. The van der Waals surface area contributed by atoms with Gasteiger partial charge >= 0.3 is 11.4 Å². The average Bonchev–Trinajstić information content (AvgIpc) is 2.61. The second-order valence-electron chi connectivity index (χ2n) is 5.64. The molecule has 136 valence electrons. The van der Waals surface area contributed by atoms with E-state index in [1.807, 2.05) is 9.80 Å². The van der Waals surface area contributed by atoms with Crippen molar-refractivity contribution in [2.45, 2.75) is 0 Å². The highest BCUT2D eigenvalue weighted by Gasteiger charge is 2.23. The second kappa shape index (κ2) is 6.66. The Labute approximate surface area is 147 Å². The molecule has 0 aromatic carbocycles. The van der Waals surface area contributed by atoms with E-state index in [0.29, 0.717) is 37.8 Å². The van der Waals surface area contributed by atoms with Crippen LogP contribution in [0.25, 0.3) is 0 Å². The summed E-state index contributed by atoms with van der Waals surface area (Å²) in [5.41, 5.74) is 10.8. The SMILES string of the molecule is Nc1nc(N2CCN(c3ccc([N+](=O)[O-])c(N)n3)CC2)ccc1[N+](=O)[O-]. The van der Waals surface area contributed by atoms with Crippen LogP contribution in [0.15, 0.2) is 24.3 Å². The Morgan fingerprint density at radius 1 is 0.769 bits per heavy atom. The Kier molecular flexibility index (Phi) is 4.39. The van der Waals surface area contributed by atoms with Gasteiger partial charge in [-0.2, -0.15) is 0 Å². The van der Waals surface area contributed by atoms with Crippen LogP contribution in [0.4, 0.5) is 34.6 Å². The molecule has 1 saturated heterocycles.